The Morgan fingerprint density at radius 2 is 2.00 bits per heavy atom. The van der Waals surface area contributed by atoms with E-state index in [-0.39, 0.29) is 6.10 Å². The normalized spacial score (nSPS) is 16.4. The van der Waals surface area contributed by atoms with Crippen LogP contribution in [0.1, 0.15) is 33.6 Å². The molecule has 0 radical (unpaired) electrons. The SMILES string of the molecule is C=C(C)CCC(C)C(C)O. The minimum atomic E-state index is -0.181. The van der Waals surface area contributed by atoms with Crippen LogP contribution in [0, 0.1) is 5.92 Å². The first-order chi connectivity index (χ1) is 4.54. The van der Waals surface area contributed by atoms with E-state index < -0.39 is 0 Å². The Labute approximate surface area is 63.8 Å². The van der Waals surface area contributed by atoms with Crippen LogP contribution in [0.3, 0.4) is 0 Å². The second kappa shape index (κ2) is 4.51. The van der Waals surface area contributed by atoms with Crippen molar-refractivity contribution < 1.29 is 5.11 Å². The van der Waals surface area contributed by atoms with Crippen molar-refractivity contribution in [3.8, 4) is 0 Å². The monoisotopic (exact) mass is 142 g/mol. The molecule has 0 amide bonds. The number of hydrogen-bond acceptors (Lipinski definition) is 1. The molecule has 0 saturated heterocycles. The van der Waals surface area contributed by atoms with Crippen LogP contribution in [0.15, 0.2) is 12.2 Å². The van der Waals surface area contributed by atoms with Gasteiger partial charge in [-0.05, 0) is 32.6 Å². The molecule has 0 fully saturated rings. The second-order valence-corrected chi connectivity index (χ2v) is 3.21. The Morgan fingerprint density at radius 3 is 2.30 bits per heavy atom. The molecule has 0 aliphatic heterocycles. The van der Waals surface area contributed by atoms with E-state index in [2.05, 4.69) is 13.5 Å². The molecule has 10 heavy (non-hydrogen) atoms. The van der Waals surface area contributed by atoms with Crippen molar-refractivity contribution in [2.24, 2.45) is 5.92 Å². The molecule has 60 valence electrons. The number of aliphatic hydroxyl groups excluding tert-OH is 1. The van der Waals surface area contributed by atoms with Crippen LogP contribution in [0.5, 0.6) is 0 Å². The standard InChI is InChI=1S/C9H18O/c1-7(2)5-6-8(3)9(4)10/h8-10H,1,5-6H2,2-4H3. The average molecular weight is 142 g/mol. The van der Waals surface area contributed by atoms with Gasteiger partial charge in [-0.3, -0.25) is 0 Å². The van der Waals surface area contributed by atoms with E-state index in [1.165, 1.54) is 5.57 Å². The lowest BCUT2D eigenvalue weighted by Gasteiger charge is -2.13. The van der Waals surface area contributed by atoms with E-state index in [0.29, 0.717) is 5.92 Å². The summed E-state index contributed by atoms with van der Waals surface area (Å²) in [6.45, 7) is 9.73. The summed E-state index contributed by atoms with van der Waals surface area (Å²) in [6, 6.07) is 0. The molecule has 0 aromatic rings. The Morgan fingerprint density at radius 1 is 1.50 bits per heavy atom. The molecule has 0 saturated carbocycles. The summed E-state index contributed by atoms with van der Waals surface area (Å²) in [4.78, 5) is 0. The molecule has 0 aromatic carbocycles. The molecule has 0 spiro atoms. The molecule has 0 heterocycles. The molecule has 0 aromatic heterocycles. The van der Waals surface area contributed by atoms with Gasteiger partial charge in [0.1, 0.15) is 0 Å². The first-order valence-corrected chi connectivity index (χ1v) is 3.86. The number of rotatable bonds is 4. The quantitative estimate of drug-likeness (QED) is 0.597. The molecule has 0 aliphatic carbocycles. The van der Waals surface area contributed by atoms with Gasteiger partial charge in [0.05, 0.1) is 6.10 Å². The molecule has 1 nitrogen and oxygen atoms in total. The van der Waals surface area contributed by atoms with Crippen molar-refractivity contribution >= 4 is 0 Å². The highest BCUT2D eigenvalue weighted by Crippen LogP contribution is 2.13. The van der Waals surface area contributed by atoms with Crippen molar-refractivity contribution in [1.82, 2.24) is 0 Å². The first kappa shape index (κ1) is 9.70. The van der Waals surface area contributed by atoms with E-state index in [4.69, 9.17) is 5.11 Å². The summed E-state index contributed by atoms with van der Waals surface area (Å²) < 4.78 is 0. The van der Waals surface area contributed by atoms with Crippen molar-refractivity contribution in [2.45, 2.75) is 39.7 Å². The maximum atomic E-state index is 9.10. The lowest BCUT2D eigenvalue weighted by molar-refractivity contribution is 0.130. The molecule has 0 rings (SSSR count). The molecule has 2 atom stereocenters. The lowest BCUT2D eigenvalue weighted by Crippen LogP contribution is -2.12. The van der Waals surface area contributed by atoms with Gasteiger partial charge >= 0.3 is 0 Å². The zero-order chi connectivity index (χ0) is 8.15. The zero-order valence-electron chi connectivity index (χ0n) is 7.22. The van der Waals surface area contributed by atoms with Crippen molar-refractivity contribution in [3.05, 3.63) is 12.2 Å². The highest BCUT2D eigenvalue weighted by atomic mass is 16.3. The van der Waals surface area contributed by atoms with E-state index >= 15 is 0 Å². The minimum absolute atomic E-state index is 0.181. The second-order valence-electron chi connectivity index (χ2n) is 3.21. The van der Waals surface area contributed by atoms with Gasteiger partial charge in [0.25, 0.3) is 0 Å². The van der Waals surface area contributed by atoms with E-state index in [1.807, 2.05) is 13.8 Å². The van der Waals surface area contributed by atoms with Gasteiger partial charge in [0, 0.05) is 0 Å². The average Bonchev–Trinajstić information content (AvgIpc) is 1.82. The van der Waals surface area contributed by atoms with E-state index in [1.54, 1.807) is 0 Å². The topological polar surface area (TPSA) is 20.2 Å². The van der Waals surface area contributed by atoms with Crippen LogP contribution in [-0.4, -0.2) is 11.2 Å². The molecule has 0 aliphatic rings. The highest BCUT2D eigenvalue weighted by molar-refractivity contribution is 4.88. The molecular weight excluding hydrogens is 124 g/mol. The van der Waals surface area contributed by atoms with Crippen LogP contribution < -0.4 is 0 Å². The largest absolute Gasteiger partial charge is 0.393 e. The number of aliphatic hydroxyl groups is 1. The molecular formula is C9H18O. The van der Waals surface area contributed by atoms with E-state index in [0.717, 1.165) is 12.8 Å². The van der Waals surface area contributed by atoms with Crippen LogP contribution in [0.25, 0.3) is 0 Å². The van der Waals surface area contributed by atoms with Gasteiger partial charge in [-0.1, -0.05) is 12.5 Å². The molecule has 2 unspecified atom stereocenters. The third-order valence-corrected chi connectivity index (χ3v) is 1.85. The molecule has 1 N–H and O–H groups in total. The summed E-state index contributed by atoms with van der Waals surface area (Å²) >= 11 is 0. The molecule has 0 bridgehead atoms. The zero-order valence-corrected chi connectivity index (χ0v) is 7.22. The number of hydrogen-bond donors (Lipinski definition) is 1. The smallest absolute Gasteiger partial charge is 0.0537 e. The molecule has 1 heteroatoms. The van der Waals surface area contributed by atoms with Gasteiger partial charge in [0.2, 0.25) is 0 Å². The fourth-order valence-electron chi connectivity index (χ4n) is 0.715. The third-order valence-electron chi connectivity index (χ3n) is 1.85. The Hall–Kier alpha value is -0.300. The highest BCUT2D eigenvalue weighted by Gasteiger charge is 2.07. The fraction of sp³-hybridized carbons (Fsp3) is 0.778. The predicted octanol–water partition coefficient (Wildman–Crippen LogP) is 2.36. The summed E-state index contributed by atoms with van der Waals surface area (Å²) in [6.07, 6.45) is 1.90. The van der Waals surface area contributed by atoms with Crippen LogP contribution in [0.2, 0.25) is 0 Å². The number of allylic oxidation sites excluding steroid dienone is 1. The summed E-state index contributed by atoms with van der Waals surface area (Å²) in [7, 11) is 0. The van der Waals surface area contributed by atoms with Gasteiger partial charge in [-0.25, -0.2) is 0 Å². The maximum Gasteiger partial charge on any atom is 0.0537 e. The minimum Gasteiger partial charge on any atom is -0.393 e. The van der Waals surface area contributed by atoms with Gasteiger partial charge in [-0.2, -0.15) is 0 Å². The van der Waals surface area contributed by atoms with Gasteiger partial charge < -0.3 is 5.11 Å². The van der Waals surface area contributed by atoms with Gasteiger partial charge in [-0.15, -0.1) is 6.58 Å². The maximum absolute atomic E-state index is 9.10. The Kier molecular flexibility index (Phi) is 4.37. The Bertz CT molecular complexity index is 105. The first-order valence-electron chi connectivity index (χ1n) is 3.86. The summed E-state index contributed by atoms with van der Waals surface area (Å²) in [5.41, 5.74) is 1.20. The predicted molar refractivity (Wildman–Crippen MR) is 44.9 cm³/mol. The fourth-order valence-corrected chi connectivity index (χ4v) is 0.715. The Balaban J connectivity index is 3.39. The summed E-state index contributed by atoms with van der Waals surface area (Å²) in [5.74, 6) is 0.400. The lowest BCUT2D eigenvalue weighted by atomic mass is 9.98. The van der Waals surface area contributed by atoms with Crippen LogP contribution in [0.4, 0.5) is 0 Å². The van der Waals surface area contributed by atoms with Crippen molar-refractivity contribution in [1.29, 1.82) is 0 Å². The van der Waals surface area contributed by atoms with Gasteiger partial charge in [0.15, 0.2) is 0 Å². The summed E-state index contributed by atoms with van der Waals surface area (Å²) in [5, 5.41) is 9.10. The van der Waals surface area contributed by atoms with Crippen LogP contribution in [-0.2, 0) is 0 Å². The van der Waals surface area contributed by atoms with E-state index in [9.17, 15) is 0 Å². The van der Waals surface area contributed by atoms with Crippen molar-refractivity contribution in [2.75, 3.05) is 0 Å². The third kappa shape index (κ3) is 4.57. The van der Waals surface area contributed by atoms with Crippen LogP contribution >= 0.6 is 0 Å². The van der Waals surface area contributed by atoms with Crippen molar-refractivity contribution in [3.63, 3.8) is 0 Å².